The highest BCUT2D eigenvalue weighted by Crippen LogP contribution is 2.31. The molecule has 0 aromatic heterocycles. The molecule has 0 saturated carbocycles. The molecular weight excluding hydrogens is 539 g/mol. The Morgan fingerprint density at radius 1 is 1.39 bits per heavy atom. The third-order valence-electron chi connectivity index (χ3n) is 4.66. The lowest BCUT2D eigenvalue weighted by molar-refractivity contribution is -0.114. The average molecular weight is 569 g/mol. The summed E-state index contributed by atoms with van der Waals surface area (Å²) in [5, 5.41) is 18.7. The number of nitrogens with zero attached hydrogens (tertiary/aromatic N) is 1. The van der Waals surface area contributed by atoms with E-state index in [1.165, 1.54) is 0 Å². The molecule has 28 heavy (non-hydrogen) atoms. The molecule has 0 aliphatic carbocycles. The van der Waals surface area contributed by atoms with Gasteiger partial charge < -0.3 is 25.8 Å². The Bertz CT molecular complexity index is 667. The van der Waals surface area contributed by atoms with Crippen molar-refractivity contribution < 1.29 is 14.6 Å². The zero-order valence-electron chi connectivity index (χ0n) is 16.4. The van der Waals surface area contributed by atoms with E-state index in [4.69, 9.17) is 4.74 Å². The van der Waals surface area contributed by atoms with E-state index in [-0.39, 0.29) is 48.5 Å². The highest BCUT2D eigenvalue weighted by atomic mass is 127. The van der Waals surface area contributed by atoms with Gasteiger partial charge in [0.2, 0.25) is 5.91 Å². The van der Waals surface area contributed by atoms with Gasteiger partial charge >= 0.3 is 0 Å². The Balaban J connectivity index is 0.00000392. The molecule has 2 rings (SSSR count). The zero-order valence-corrected chi connectivity index (χ0v) is 20.3. The maximum absolute atomic E-state index is 12.3. The second-order valence-corrected chi connectivity index (χ2v) is 7.75. The maximum atomic E-state index is 12.3. The fourth-order valence-electron chi connectivity index (χ4n) is 2.99. The molecule has 1 aliphatic heterocycles. The summed E-state index contributed by atoms with van der Waals surface area (Å²) in [5.41, 5.74) is 1.68. The van der Waals surface area contributed by atoms with Gasteiger partial charge in [0.15, 0.2) is 5.96 Å². The van der Waals surface area contributed by atoms with Crippen LogP contribution < -0.4 is 16.0 Å². The summed E-state index contributed by atoms with van der Waals surface area (Å²) in [6, 6.07) is 5.75. The normalized spacial score (nSPS) is 19.1. The number of aliphatic hydroxyl groups is 1. The van der Waals surface area contributed by atoms with Crippen molar-refractivity contribution in [3.8, 4) is 0 Å². The molecule has 1 heterocycles. The summed E-state index contributed by atoms with van der Waals surface area (Å²) in [4.78, 5) is 16.6. The minimum Gasteiger partial charge on any atom is -0.396 e. The first-order chi connectivity index (χ1) is 13.0. The zero-order chi connectivity index (χ0) is 19.7. The molecule has 1 unspecified atom stereocenters. The average Bonchev–Trinajstić information content (AvgIpc) is 3.10. The van der Waals surface area contributed by atoms with Crippen molar-refractivity contribution in [1.82, 2.24) is 10.6 Å². The van der Waals surface area contributed by atoms with E-state index in [0.717, 1.165) is 22.1 Å². The molecule has 1 aliphatic rings. The standard InChI is InChI=1S/C19H29BrN4O3.HI/c1-3-21-18(23-12-19(6-8-25)7-9-27-13-19)22-11-17(26)24-16-10-15(20)5-4-14(16)2;/h4-5,10,25H,3,6-9,11-13H2,1-2H3,(H,24,26)(H2,21,22,23);1H. The largest absolute Gasteiger partial charge is 0.396 e. The van der Waals surface area contributed by atoms with Crippen molar-refractivity contribution in [2.24, 2.45) is 10.4 Å². The lowest BCUT2D eigenvalue weighted by Crippen LogP contribution is -2.44. The van der Waals surface area contributed by atoms with Crippen molar-refractivity contribution >= 4 is 57.5 Å². The molecule has 0 bridgehead atoms. The van der Waals surface area contributed by atoms with Gasteiger partial charge in [-0.2, -0.15) is 0 Å². The van der Waals surface area contributed by atoms with Crippen molar-refractivity contribution in [3.05, 3.63) is 28.2 Å². The van der Waals surface area contributed by atoms with Crippen LogP contribution in [0.1, 0.15) is 25.3 Å². The van der Waals surface area contributed by atoms with Crippen molar-refractivity contribution in [2.75, 3.05) is 44.8 Å². The number of aliphatic hydroxyl groups excluding tert-OH is 1. The summed E-state index contributed by atoms with van der Waals surface area (Å²) >= 11 is 3.41. The van der Waals surface area contributed by atoms with Gasteiger partial charge in [0, 0.05) is 41.9 Å². The molecule has 9 heteroatoms. The number of halogens is 2. The van der Waals surface area contributed by atoms with Crippen LogP contribution in [0.3, 0.4) is 0 Å². The predicted molar refractivity (Wildman–Crippen MR) is 126 cm³/mol. The molecule has 1 atom stereocenters. The van der Waals surface area contributed by atoms with Crippen LogP contribution in [0.5, 0.6) is 0 Å². The van der Waals surface area contributed by atoms with Crippen LogP contribution in [0.4, 0.5) is 5.69 Å². The molecule has 1 aromatic carbocycles. The molecule has 1 amide bonds. The Morgan fingerprint density at radius 3 is 2.82 bits per heavy atom. The minimum atomic E-state index is -0.178. The monoisotopic (exact) mass is 568 g/mol. The van der Waals surface area contributed by atoms with E-state index in [9.17, 15) is 9.90 Å². The number of benzene rings is 1. The number of hydrogen-bond donors (Lipinski definition) is 4. The molecule has 7 nitrogen and oxygen atoms in total. The number of amides is 1. The topological polar surface area (TPSA) is 95.0 Å². The number of ether oxygens (including phenoxy) is 1. The highest BCUT2D eigenvalue weighted by Gasteiger charge is 2.34. The number of carbonyl (C=O) groups is 1. The molecular formula is C19H30BrIN4O3. The van der Waals surface area contributed by atoms with E-state index in [0.29, 0.717) is 38.7 Å². The van der Waals surface area contributed by atoms with Gasteiger partial charge in [-0.15, -0.1) is 24.0 Å². The third-order valence-corrected chi connectivity index (χ3v) is 5.15. The second-order valence-electron chi connectivity index (χ2n) is 6.83. The van der Waals surface area contributed by atoms with Crippen LogP contribution in [0, 0.1) is 12.3 Å². The molecule has 158 valence electrons. The van der Waals surface area contributed by atoms with Gasteiger partial charge in [0.25, 0.3) is 0 Å². The molecule has 0 radical (unpaired) electrons. The Labute approximate surface area is 192 Å². The summed E-state index contributed by atoms with van der Waals surface area (Å²) in [6.07, 6.45) is 1.59. The van der Waals surface area contributed by atoms with Crippen LogP contribution in [-0.4, -0.2) is 56.4 Å². The van der Waals surface area contributed by atoms with Crippen LogP contribution in [-0.2, 0) is 9.53 Å². The van der Waals surface area contributed by atoms with Crippen LogP contribution in [0.15, 0.2) is 27.7 Å². The lowest BCUT2D eigenvalue weighted by Gasteiger charge is -2.27. The van der Waals surface area contributed by atoms with Crippen LogP contribution in [0.25, 0.3) is 0 Å². The van der Waals surface area contributed by atoms with Gasteiger partial charge in [-0.05, 0) is 44.4 Å². The molecule has 1 fully saturated rings. The predicted octanol–water partition coefficient (Wildman–Crippen LogP) is 2.66. The van der Waals surface area contributed by atoms with Gasteiger partial charge in [-0.25, -0.2) is 4.99 Å². The molecule has 1 saturated heterocycles. The van der Waals surface area contributed by atoms with E-state index >= 15 is 0 Å². The van der Waals surface area contributed by atoms with Gasteiger partial charge in [-0.3, -0.25) is 4.79 Å². The Morgan fingerprint density at radius 2 is 2.18 bits per heavy atom. The first-order valence-corrected chi connectivity index (χ1v) is 10.0. The van der Waals surface area contributed by atoms with E-state index in [2.05, 4.69) is 36.9 Å². The maximum Gasteiger partial charge on any atom is 0.246 e. The van der Waals surface area contributed by atoms with E-state index in [1.807, 2.05) is 32.0 Å². The fraction of sp³-hybridized carbons (Fsp3) is 0.579. The lowest BCUT2D eigenvalue weighted by atomic mass is 9.84. The quantitative estimate of drug-likeness (QED) is 0.220. The van der Waals surface area contributed by atoms with Crippen molar-refractivity contribution in [1.29, 1.82) is 0 Å². The number of guanidine groups is 1. The smallest absolute Gasteiger partial charge is 0.246 e. The van der Waals surface area contributed by atoms with Gasteiger partial charge in [0.1, 0.15) is 6.54 Å². The summed E-state index contributed by atoms with van der Waals surface area (Å²) in [6.45, 7) is 6.75. The number of carbonyl (C=O) groups excluding carboxylic acids is 1. The number of hydrogen-bond acceptors (Lipinski definition) is 4. The van der Waals surface area contributed by atoms with Crippen LogP contribution in [0.2, 0.25) is 0 Å². The van der Waals surface area contributed by atoms with Gasteiger partial charge in [0.05, 0.1) is 6.61 Å². The number of aliphatic imine (C=N–C) groups is 1. The number of nitrogens with one attached hydrogen (secondary N) is 3. The minimum absolute atomic E-state index is 0. The van der Waals surface area contributed by atoms with Crippen molar-refractivity contribution in [2.45, 2.75) is 26.7 Å². The Hall–Kier alpha value is -0.910. The van der Waals surface area contributed by atoms with E-state index < -0.39 is 0 Å². The number of aryl methyl sites for hydroxylation is 1. The molecule has 1 aromatic rings. The third kappa shape index (κ3) is 7.84. The van der Waals surface area contributed by atoms with Gasteiger partial charge in [-0.1, -0.05) is 22.0 Å². The first kappa shape index (κ1) is 25.1. The van der Waals surface area contributed by atoms with E-state index in [1.54, 1.807) is 0 Å². The van der Waals surface area contributed by atoms with Crippen LogP contribution >= 0.6 is 39.9 Å². The Kier molecular flexibility index (Phi) is 11.3. The number of rotatable bonds is 8. The summed E-state index contributed by atoms with van der Waals surface area (Å²) < 4.78 is 6.42. The summed E-state index contributed by atoms with van der Waals surface area (Å²) in [7, 11) is 0. The first-order valence-electron chi connectivity index (χ1n) is 9.25. The highest BCUT2D eigenvalue weighted by molar-refractivity contribution is 14.0. The number of anilines is 1. The summed E-state index contributed by atoms with van der Waals surface area (Å²) in [5.74, 6) is 0.408. The fourth-order valence-corrected chi connectivity index (χ4v) is 3.36. The molecule has 0 spiro atoms. The SMILES string of the molecule is CCNC(=NCC(=O)Nc1cc(Br)ccc1C)NCC1(CCO)CCOC1.I. The molecule has 4 N–H and O–H groups in total. The van der Waals surface area contributed by atoms with Crippen molar-refractivity contribution in [3.63, 3.8) is 0 Å². The second kappa shape index (κ2) is 12.6.